The second-order valence-electron chi connectivity index (χ2n) is 6.28. The zero-order chi connectivity index (χ0) is 16.6. The van der Waals surface area contributed by atoms with Gasteiger partial charge in [-0.05, 0) is 13.3 Å². The second kappa shape index (κ2) is 8.64. The molecular formula is C15H28N2O4. The molecule has 0 spiro atoms. The lowest BCUT2D eigenvalue weighted by atomic mass is 9.96. The summed E-state index contributed by atoms with van der Waals surface area (Å²) in [6.07, 6.45) is 0.864. The number of amides is 2. The monoisotopic (exact) mass is 300 g/mol. The molecule has 0 rings (SSSR count). The topological polar surface area (TPSA) is 86.7 Å². The lowest BCUT2D eigenvalue weighted by Crippen LogP contribution is -2.38. The average Bonchev–Trinajstić information content (AvgIpc) is 2.38. The number of nitrogens with zero attached hydrogens (tertiary/aromatic N) is 1. The lowest BCUT2D eigenvalue weighted by molar-refractivity contribution is -0.143. The molecule has 0 fully saturated rings. The lowest BCUT2D eigenvalue weighted by Gasteiger charge is -2.23. The predicted octanol–water partition coefficient (Wildman–Crippen LogP) is 1.50. The zero-order valence-electron chi connectivity index (χ0n) is 13.7. The molecule has 2 amide bonds. The molecule has 0 saturated heterocycles. The van der Waals surface area contributed by atoms with Crippen LogP contribution < -0.4 is 5.32 Å². The van der Waals surface area contributed by atoms with Gasteiger partial charge in [0.15, 0.2) is 0 Å². The third-order valence-corrected chi connectivity index (χ3v) is 3.18. The first-order chi connectivity index (χ1) is 9.59. The van der Waals surface area contributed by atoms with Gasteiger partial charge in [-0.25, -0.2) is 0 Å². The van der Waals surface area contributed by atoms with E-state index < -0.39 is 17.3 Å². The SMILES string of the molecule is CCN(CC(C)C(=O)O)C(=O)CCCNC(=O)C(C)(C)C. The van der Waals surface area contributed by atoms with Crippen molar-refractivity contribution in [3.63, 3.8) is 0 Å². The van der Waals surface area contributed by atoms with Crippen LogP contribution >= 0.6 is 0 Å². The number of hydrogen-bond acceptors (Lipinski definition) is 3. The molecule has 122 valence electrons. The number of carboxylic acid groups (broad SMARTS) is 1. The molecule has 0 saturated carbocycles. The number of carboxylic acids is 1. The smallest absolute Gasteiger partial charge is 0.308 e. The van der Waals surface area contributed by atoms with Gasteiger partial charge in [-0.2, -0.15) is 0 Å². The molecule has 6 nitrogen and oxygen atoms in total. The average molecular weight is 300 g/mol. The molecular weight excluding hydrogens is 272 g/mol. The molecule has 0 aliphatic heterocycles. The van der Waals surface area contributed by atoms with E-state index in [2.05, 4.69) is 5.32 Å². The van der Waals surface area contributed by atoms with Crippen molar-refractivity contribution >= 4 is 17.8 Å². The molecule has 0 aromatic rings. The quantitative estimate of drug-likeness (QED) is 0.665. The number of nitrogens with one attached hydrogen (secondary N) is 1. The summed E-state index contributed by atoms with van der Waals surface area (Å²) in [5.41, 5.74) is -0.434. The normalized spacial score (nSPS) is 12.6. The summed E-state index contributed by atoms with van der Waals surface area (Å²) < 4.78 is 0. The van der Waals surface area contributed by atoms with Gasteiger partial charge in [-0.1, -0.05) is 27.7 Å². The van der Waals surface area contributed by atoms with Gasteiger partial charge >= 0.3 is 5.97 Å². The maximum absolute atomic E-state index is 12.0. The van der Waals surface area contributed by atoms with Gasteiger partial charge in [-0.3, -0.25) is 14.4 Å². The van der Waals surface area contributed by atoms with E-state index in [4.69, 9.17) is 5.11 Å². The van der Waals surface area contributed by atoms with E-state index in [1.54, 1.807) is 11.8 Å². The molecule has 1 unspecified atom stereocenters. The Morgan fingerprint density at radius 3 is 2.24 bits per heavy atom. The molecule has 2 N–H and O–H groups in total. The molecule has 6 heteroatoms. The van der Waals surface area contributed by atoms with Crippen LogP contribution in [0.3, 0.4) is 0 Å². The van der Waals surface area contributed by atoms with Crippen molar-refractivity contribution in [1.82, 2.24) is 10.2 Å². The molecule has 1 atom stereocenters. The van der Waals surface area contributed by atoms with E-state index >= 15 is 0 Å². The summed E-state index contributed by atoms with van der Waals surface area (Å²) in [5, 5.41) is 11.7. The minimum atomic E-state index is -0.904. The Bertz CT molecular complexity index is 374. The van der Waals surface area contributed by atoms with Gasteiger partial charge in [0.1, 0.15) is 0 Å². The minimum absolute atomic E-state index is 0.0400. The Labute approximate surface area is 126 Å². The van der Waals surface area contributed by atoms with Crippen LogP contribution in [0.2, 0.25) is 0 Å². The van der Waals surface area contributed by atoms with E-state index in [-0.39, 0.29) is 18.4 Å². The van der Waals surface area contributed by atoms with Crippen molar-refractivity contribution in [1.29, 1.82) is 0 Å². The van der Waals surface area contributed by atoms with Crippen molar-refractivity contribution in [2.75, 3.05) is 19.6 Å². The number of aliphatic carboxylic acids is 1. The number of rotatable bonds is 8. The molecule has 0 aliphatic rings. The fraction of sp³-hybridized carbons (Fsp3) is 0.800. The molecule has 0 radical (unpaired) electrons. The highest BCUT2D eigenvalue weighted by atomic mass is 16.4. The Kier molecular flexibility index (Phi) is 7.99. The second-order valence-corrected chi connectivity index (χ2v) is 6.28. The maximum atomic E-state index is 12.0. The summed E-state index contributed by atoms with van der Waals surface area (Å²) in [5.74, 6) is -1.59. The molecule has 0 heterocycles. The molecule has 21 heavy (non-hydrogen) atoms. The molecule has 0 aromatic carbocycles. The van der Waals surface area contributed by atoms with Crippen LogP contribution in [0.5, 0.6) is 0 Å². The van der Waals surface area contributed by atoms with Gasteiger partial charge < -0.3 is 15.3 Å². The van der Waals surface area contributed by atoms with Crippen LogP contribution in [-0.2, 0) is 14.4 Å². The van der Waals surface area contributed by atoms with E-state index in [0.717, 1.165) is 0 Å². The van der Waals surface area contributed by atoms with Gasteiger partial charge in [0.05, 0.1) is 5.92 Å². The molecule has 0 bridgehead atoms. The first kappa shape index (κ1) is 19.4. The van der Waals surface area contributed by atoms with Gasteiger partial charge in [-0.15, -0.1) is 0 Å². The van der Waals surface area contributed by atoms with E-state index in [0.29, 0.717) is 25.9 Å². The summed E-state index contributed by atoms with van der Waals surface area (Å²) in [7, 11) is 0. The summed E-state index contributed by atoms with van der Waals surface area (Å²) in [6, 6.07) is 0. The van der Waals surface area contributed by atoms with Crippen molar-refractivity contribution in [3.05, 3.63) is 0 Å². The van der Waals surface area contributed by atoms with E-state index in [9.17, 15) is 14.4 Å². The summed E-state index contributed by atoms with van der Waals surface area (Å²) in [4.78, 5) is 36.0. The fourth-order valence-electron chi connectivity index (χ4n) is 1.68. The summed E-state index contributed by atoms with van der Waals surface area (Å²) in [6.45, 7) is 10.1. The van der Waals surface area contributed by atoms with Crippen molar-refractivity contribution in [2.24, 2.45) is 11.3 Å². The maximum Gasteiger partial charge on any atom is 0.308 e. The third-order valence-electron chi connectivity index (χ3n) is 3.18. The number of carbonyl (C=O) groups is 3. The van der Waals surface area contributed by atoms with E-state index in [1.165, 1.54) is 0 Å². The summed E-state index contributed by atoms with van der Waals surface area (Å²) >= 11 is 0. The van der Waals surface area contributed by atoms with Crippen LogP contribution in [0.25, 0.3) is 0 Å². The Morgan fingerprint density at radius 1 is 1.24 bits per heavy atom. The van der Waals surface area contributed by atoms with Gasteiger partial charge in [0.2, 0.25) is 11.8 Å². The van der Waals surface area contributed by atoms with Crippen molar-refractivity contribution in [3.8, 4) is 0 Å². The standard InChI is InChI=1S/C15H28N2O4/c1-6-17(10-11(2)13(19)20)12(18)8-7-9-16-14(21)15(3,4)5/h11H,6-10H2,1-5H3,(H,16,21)(H,19,20). The Hall–Kier alpha value is -1.59. The zero-order valence-corrected chi connectivity index (χ0v) is 13.7. The largest absolute Gasteiger partial charge is 0.481 e. The molecule has 0 aliphatic carbocycles. The van der Waals surface area contributed by atoms with Gasteiger partial charge in [0.25, 0.3) is 0 Å². The van der Waals surface area contributed by atoms with E-state index in [1.807, 2.05) is 27.7 Å². The number of hydrogen-bond donors (Lipinski definition) is 2. The minimum Gasteiger partial charge on any atom is -0.481 e. The van der Waals surface area contributed by atoms with Crippen molar-refractivity contribution in [2.45, 2.75) is 47.5 Å². The predicted molar refractivity (Wildman–Crippen MR) is 80.8 cm³/mol. The highest BCUT2D eigenvalue weighted by Crippen LogP contribution is 2.12. The Morgan fingerprint density at radius 2 is 1.81 bits per heavy atom. The van der Waals surface area contributed by atoms with Crippen LogP contribution in [0, 0.1) is 11.3 Å². The highest BCUT2D eigenvalue weighted by Gasteiger charge is 2.21. The van der Waals surface area contributed by atoms with Crippen LogP contribution in [0.15, 0.2) is 0 Å². The van der Waals surface area contributed by atoms with Crippen molar-refractivity contribution < 1.29 is 19.5 Å². The van der Waals surface area contributed by atoms with Crippen LogP contribution in [-0.4, -0.2) is 47.4 Å². The van der Waals surface area contributed by atoms with Gasteiger partial charge in [0, 0.05) is 31.5 Å². The number of carbonyl (C=O) groups excluding carboxylic acids is 2. The first-order valence-corrected chi connectivity index (χ1v) is 7.38. The highest BCUT2D eigenvalue weighted by molar-refractivity contribution is 5.81. The van der Waals surface area contributed by atoms with Crippen LogP contribution in [0.4, 0.5) is 0 Å². The Balaban J connectivity index is 4.12. The molecule has 0 aromatic heterocycles. The first-order valence-electron chi connectivity index (χ1n) is 7.38. The van der Waals surface area contributed by atoms with Crippen LogP contribution in [0.1, 0.15) is 47.5 Å². The fourth-order valence-corrected chi connectivity index (χ4v) is 1.68. The third kappa shape index (κ3) is 7.68.